The van der Waals surface area contributed by atoms with Crippen LogP contribution in [0.5, 0.6) is 11.6 Å². The van der Waals surface area contributed by atoms with Gasteiger partial charge in [-0.3, -0.25) is 4.90 Å². The van der Waals surface area contributed by atoms with Crippen molar-refractivity contribution >= 4 is 0 Å². The molecule has 3 rings (SSSR count). The number of unbranched alkanes of at least 4 members (excludes halogenated alkanes) is 1. The predicted molar refractivity (Wildman–Crippen MR) is 126 cm³/mol. The Balaban J connectivity index is 1.98. The van der Waals surface area contributed by atoms with Gasteiger partial charge in [-0.1, -0.05) is 38.8 Å². The number of benzene rings is 2. The van der Waals surface area contributed by atoms with E-state index in [4.69, 9.17) is 4.74 Å². The van der Waals surface area contributed by atoms with Crippen LogP contribution in [0.3, 0.4) is 0 Å². The fourth-order valence-corrected chi connectivity index (χ4v) is 3.82. The van der Waals surface area contributed by atoms with Gasteiger partial charge in [0, 0.05) is 13.1 Å². The zero-order valence-electron chi connectivity index (χ0n) is 19.6. The molecule has 0 aliphatic rings. The molecule has 0 amide bonds. The molecule has 1 heterocycles. The summed E-state index contributed by atoms with van der Waals surface area (Å²) in [6, 6.07) is 12.1. The number of aromatic nitrogens is 2. The monoisotopic (exact) mass is 457 g/mol. The third kappa shape index (κ3) is 6.62. The molecule has 1 atom stereocenters. The Labute approximate surface area is 194 Å². The summed E-state index contributed by atoms with van der Waals surface area (Å²) in [5.41, 5.74) is 2.15. The summed E-state index contributed by atoms with van der Waals surface area (Å²) in [5.74, 6) is -0.358. The molecule has 0 fully saturated rings. The van der Waals surface area contributed by atoms with Crippen LogP contribution in [-0.2, 0) is 6.54 Å². The van der Waals surface area contributed by atoms with E-state index in [1.807, 2.05) is 6.92 Å². The zero-order chi connectivity index (χ0) is 23.8. The topological polar surface area (TPSA) is 50.5 Å². The minimum absolute atomic E-state index is 0.0898. The van der Waals surface area contributed by atoms with Crippen molar-refractivity contribution in [2.75, 3.05) is 13.1 Å². The molecule has 7 heteroatoms. The second-order valence-electron chi connectivity index (χ2n) is 8.32. The number of aryl methyl sites for hydroxylation is 1. The summed E-state index contributed by atoms with van der Waals surface area (Å²) < 4.78 is 35.6. The van der Waals surface area contributed by atoms with Crippen molar-refractivity contribution in [3.05, 3.63) is 71.4 Å². The lowest BCUT2D eigenvalue weighted by Crippen LogP contribution is -2.33. The first-order valence-corrected chi connectivity index (χ1v) is 11.6. The highest BCUT2D eigenvalue weighted by atomic mass is 19.1. The molecule has 1 aromatic heterocycles. The third-order valence-corrected chi connectivity index (χ3v) is 5.53. The van der Waals surface area contributed by atoms with Crippen molar-refractivity contribution in [2.45, 2.75) is 59.1 Å². The van der Waals surface area contributed by atoms with Gasteiger partial charge in [0.25, 0.3) is 0 Å². The number of aliphatic hydroxyl groups excluding tert-OH is 1. The van der Waals surface area contributed by atoms with E-state index in [-0.39, 0.29) is 11.6 Å². The Morgan fingerprint density at radius 1 is 1.06 bits per heavy atom. The molecule has 2 aromatic carbocycles. The van der Waals surface area contributed by atoms with E-state index in [0.29, 0.717) is 24.7 Å². The lowest BCUT2D eigenvalue weighted by Gasteiger charge is -2.25. The number of rotatable bonds is 12. The van der Waals surface area contributed by atoms with E-state index in [2.05, 4.69) is 23.8 Å². The lowest BCUT2D eigenvalue weighted by atomic mass is 10.1. The van der Waals surface area contributed by atoms with Crippen LogP contribution in [0.2, 0.25) is 0 Å². The molecule has 0 spiro atoms. The molecular weight excluding hydrogens is 424 g/mol. The summed E-state index contributed by atoms with van der Waals surface area (Å²) in [5, 5.41) is 15.1. The fraction of sp³-hybridized carbons (Fsp3) is 0.423. The van der Waals surface area contributed by atoms with Crippen LogP contribution in [0.4, 0.5) is 8.78 Å². The summed E-state index contributed by atoms with van der Waals surface area (Å²) in [6.07, 6.45) is 3.28. The molecule has 1 N–H and O–H groups in total. The number of hydrogen-bond acceptors (Lipinski definition) is 4. The van der Waals surface area contributed by atoms with Gasteiger partial charge in [-0.15, -0.1) is 0 Å². The minimum Gasteiger partial charge on any atom is -0.435 e. The Kier molecular flexibility index (Phi) is 8.97. The van der Waals surface area contributed by atoms with Crippen LogP contribution >= 0.6 is 0 Å². The normalized spacial score (nSPS) is 12.3. The highest BCUT2D eigenvalue weighted by molar-refractivity contribution is 5.43. The average Bonchev–Trinajstić information content (AvgIpc) is 3.09. The van der Waals surface area contributed by atoms with E-state index in [1.165, 1.54) is 18.2 Å². The molecular formula is C26H33F2N3O2. The van der Waals surface area contributed by atoms with E-state index in [9.17, 15) is 13.9 Å². The van der Waals surface area contributed by atoms with Gasteiger partial charge in [-0.25, -0.2) is 13.5 Å². The minimum atomic E-state index is -0.478. The Morgan fingerprint density at radius 2 is 1.79 bits per heavy atom. The van der Waals surface area contributed by atoms with Crippen molar-refractivity contribution in [3.8, 4) is 17.3 Å². The standard InChI is InChI=1S/C26H33F2N3O2/c1-4-6-9-22(32)17-30(16-5-2)18-23-19(3)29-31(21-14-12-20(27)13-15-21)26(23)33-25-11-8-7-10-24(25)28/h7-8,10-15,22,32H,4-6,9,16-18H2,1-3H3. The van der Waals surface area contributed by atoms with Gasteiger partial charge < -0.3 is 9.84 Å². The van der Waals surface area contributed by atoms with Crippen LogP contribution in [0.15, 0.2) is 48.5 Å². The first-order valence-electron chi connectivity index (χ1n) is 11.6. The van der Waals surface area contributed by atoms with Crippen molar-refractivity contribution in [1.29, 1.82) is 0 Å². The van der Waals surface area contributed by atoms with E-state index < -0.39 is 11.9 Å². The zero-order valence-corrected chi connectivity index (χ0v) is 19.6. The number of ether oxygens (including phenoxy) is 1. The molecule has 0 saturated carbocycles. The van der Waals surface area contributed by atoms with Gasteiger partial charge >= 0.3 is 0 Å². The van der Waals surface area contributed by atoms with Gasteiger partial charge in [0.05, 0.1) is 23.0 Å². The molecule has 178 valence electrons. The highest BCUT2D eigenvalue weighted by Crippen LogP contribution is 2.33. The van der Waals surface area contributed by atoms with Crippen LogP contribution < -0.4 is 4.74 Å². The molecule has 0 radical (unpaired) electrons. The van der Waals surface area contributed by atoms with Crippen LogP contribution in [0.1, 0.15) is 50.8 Å². The van der Waals surface area contributed by atoms with Gasteiger partial charge in [0.2, 0.25) is 5.88 Å². The first kappa shape index (κ1) is 24.9. The number of para-hydroxylation sites is 1. The molecule has 0 saturated heterocycles. The molecule has 0 aliphatic carbocycles. The van der Waals surface area contributed by atoms with E-state index in [0.717, 1.165) is 43.5 Å². The van der Waals surface area contributed by atoms with Gasteiger partial charge in [0.15, 0.2) is 11.6 Å². The smallest absolute Gasteiger partial charge is 0.227 e. The number of hydrogen-bond donors (Lipinski definition) is 1. The Bertz CT molecular complexity index is 1020. The Morgan fingerprint density at radius 3 is 2.45 bits per heavy atom. The van der Waals surface area contributed by atoms with Gasteiger partial charge in [-0.05, 0) is 62.7 Å². The predicted octanol–water partition coefficient (Wildman–Crippen LogP) is 6.01. The van der Waals surface area contributed by atoms with Crippen molar-refractivity contribution in [2.24, 2.45) is 0 Å². The van der Waals surface area contributed by atoms with Crippen LogP contribution in [0, 0.1) is 18.6 Å². The molecule has 3 aromatic rings. The summed E-state index contributed by atoms with van der Waals surface area (Å²) in [4.78, 5) is 2.17. The first-order chi connectivity index (χ1) is 15.9. The summed E-state index contributed by atoms with van der Waals surface area (Å²) in [7, 11) is 0. The van der Waals surface area contributed by atoms with Crippen molar-refractivity contribution < 1.29 is 18.6 Å². The van der Waals surface area contributed by atoms with E-state index >= 15 is 0 Å². The molecule has 0 aliphatic heterocycles. The molecule has 1 unspecified atom stereocenters. The highest BCUT2D eigenvalue weighted by Gasteiger charge is 2.23. The third-order valence-electron chi connectivity index (χ3n) is 5.53. The van der Waals surface area contributed by atoms with Crippen molar-refractivity contribution in [1.82, 2.24) is 14.7 Å². The quantitative estimate of drug-likeness (QED) is 0.362. The average molecular weight is 458 g/mol. The van der Waals surface area contributed by atoms with Crippen LogP contribution in [0.25, 0.3) is 5.69 Å². The number of nitrogens with zero attached hydrogens (tertiary/aromatic N) is 3. The molecule has 33 heavy (non-hydrogen) atoms. The number of halogens is 2. The second-order valence-corrected chi connectivity index (χ2v) is 8.32. The SMILES string of the molecule is CCCCC(O)CN(CCC)Cc1c(C)nn(-c2ccc(F)cc2)c1Oc1ccccc1F. The van der Waals surface area contributed by atoms with Gasteiger partial charge in [0.1, 0.15) is 5.82 Å². The maximum absolute atomic E-state index is 14.4. The Hall–Kier alpha value is -2.77. The maximum atomic E-state index is 14.4. The van der Waals surface area contributed by atoms with Crippen LogP contribution in [-0.4, -0.2) is 39.0 Å². The number of aliphatic hydroxyl groups is 1. The summed E-state index contributed by atoms with van der Waals surface area (Å²) in [6.45, 7) is 7.90. The largest absolute Gasteiger partial charge is 0.435 e. The summed E-state index contributed by atoms with van der Waals surface area (Å²) >= 11 is 0. The molecule has 5 nitrogen and oxygen atoms in total. The fourth-order valence-electron chi connectivity index (χ4n) is 3.82. The maximum Gasteiger partial charge on any atom is 0.227 e. The molecule has 0 bridgehead atoms. The van der Waals surface area contributed by atoms with Gasteiger partial charge in [-0.2, -0.15) is 5.10 Å². The van der Waals surface area contributed by atoms with E-state index in [1.54, 1.807) is 35.0 Å². The second kappa shape index (κ2) is 11.9. The van der Waals surface area contributed by atoms with Crippen molar-refractivity contribution in [3.63, 3.8) is 0 Å². The lowest BCUT2D eigenvalue weighted by molar-refractivity contribution is 0.0990.